The van der Waals surface area contributed by atoms with Gasteiger partial charge >= 0.3 is 5.97 Å². The van der Waals surface area contributed by atoms with Crippen molar-refractivity contribution in [1.82, 2.24) is 5.32 Å². The van der Waals surface area contributed by atoms with Gasteiger partial charge in [-0.25, -0.2) is 9.18 Å². The van der Waals surface area contributed by atoms with Crippen LogP contribution >= 0.6 is 11.8 Å². The molecule has 0 aliphatic carbocycles. The Balaban J connectivity index is 2.02. The molecule has 6 nitrogen and oxygen atoms in total. The first-order valence-corrected chi connectivity index (χ1v) is 11.3. The smallest absolute Gasteiger partial charge is 0.331 e. The van der Waals surface area contributed by atoms with Gasteiger partial charge in [-0.1, -0.05) is 36.0 Å². The van der Waals surface area contributed by atoms with Gasteiger partial charge in [-0.15, -0.1) is 0 Å². The summed E-state index contributed by atoms with van der Waals surface area (Å²) in [5.74, 6) is -1.42. The van der Waals surface area contributed by atoms with Crippen LogP contribution in [0, 0.1) is 5.82 Å². The van der Waals surface area contributed by atoms with Crippen molar-refractivity contribution in [3.8, 4) is 0 Å². The topological polar surface area (TPSA) is 84.8 Å². The van der Waals surface area contributed by atoms with Gasteiger partial charge in [-0.05, 0) is 50.6 Å². The van der Waals surface area contributed by atoms with E-state index in [1.54, 1.807) is 56.3 Å². The summed E-state index contributed by atoms with van der Waals surface area (Å²) >= 11 is 1.13. The van der Waals surface area contributed by atoms with E-state index in [2.05, 4.69) is 10.3 Å². The molecule has 1 aliphatic rings. The molecule has 0 saturated heterocycles. The fraction of sp³-hybridized carbons (Fsp3) is 0.280. The number of hydrogen-bond donors (Lipinski definition) is 1. The first-order chi connectivity index (χ1) is 15.7. The Morgan fingerprint density at radius 3 is 2.61 bits per heavy atom. The molecule has 0 radical (unpaired) electrons. The monoisotopic (exact) mass is 468 g/mol. The lowest BCUT2D eigenvalue weighted by Crippen LogP contribution is -2.35. The Kier molecular flexibility index (Phi) is 7.81. The number of benzene rings is 2. The summed E-state index contributed by atoms with van der Waals surface area (Å²) in [5.41, 5.74) is 0.278. The first-order valence-electron chi connectivity index (χ1n) is 10.5. The van der Waals surface area contributed by atoms with Crippen molar-refractivity contribution in [3.63, 3.8) is 0 Å². The van der Waals surface area contributed by atoms with E-state index < -0.39 is 17.3 Å². The van der Waals surface area contributed by atoms with Gasteiger partial charge in [0.15, 0.2) is 5.17 Å². The van der Waals surface area contributed by atoms with Gasteiger partial charge in [0.25, 0.3) is 5.91 Å². The maximum atomic E-state index is 14.9. The molecule has 1 aliphatic heterocycles. The number of nitrogens with zero attached hydrogens (tertiary/aromatic N) is 1. The Bertz CT molecular complexity index is 1130. The van der Waals surface area contributed by atoms with Crippen molar-refractivity contribution in [2.75, 3.05) is 6.61 Å². The zero-order valence-electron chi connectivity index (χ0n) is 18.7. The maximum Gasteiger partial charge on any atom is 0.331 e. The fourth-order valence-electron chi connectivity index (χ4n) is 3.53. The van der Waals surface area contributed by atoms with Crippen molar-refractivity contribution in [2.45, 2.75) is 39.2 Å². The van der Waals surface area contributed by atoms with Crippen LogP contribution in [0.2, 0.25) is 0 Å². The number of hydrogen-bond acceptors (Lipinski definition) is 6. The molecule has 2 aromatic carbocycles. The first kappa shape index (κ1) is 24.4. The summed E-state index contributed by atoms with van der Waals surface area (Å²) < 4.78 is 20.0. The molecule has 8 heteroatoms. The summed E-state index contributed by atoms with van der Waals surface area (Å²) in [5, 5.41) is 3.01. The number of nitrogens with one attached hydrogen (secondary N) is 1. The maximum absolute atomic E-state index is 14.9. The highest BCUT2D eigenvalue weighted by atomic mass is 32.2. The molecule has 3 rings (SSSR count). The lowest BCUT2D eigenvalue weighted by molar-refractivity contribution is -0.137. The van der Waals surface area contributed by atoms with Crippen LogP contribution in [0.3, 0.4) is 0 Å². The number of Topliss-reactive ketones (excluding diaryl/α,β-unsaturated/α-hetero) is 1. The summed E-state index contributed by atoms with van der Waals surface area (Å²) in [4.78, 5) is 41.6. The molecule has 1 N–H and O–H groups in total. The summed E-state index contributed by atoms with van der Waals surface area (Å²) in [6, 6.07) is 13.1. The molecule has 172 valence electrons. The minimum Gasteiger partial charge on any atom is -0.463 e. The van der Waals surface area contributed by atoms with Crippen molar-refractivity contribution < 1.29 is 23.5 Å². The molecule has 0 bridgehead atoms. The van der Waals surface area contributed by atoms with Crippen LogP contribution < -0.4 is 5.32 Å². The number of aliphatic imine (C=N–C) groups is 1. The summed E-state index contributed by atoms with van der Waals surface area (Å²) in [7, 11) is 0. The molecule has 0 saturated carbocycles. The van der Waals surface area contributed by atoms with E-state index >= 15 is 0 Å². The fourth-order valence-corrected chi connectivity index (χ4v) is 4.68. The average molecular weight is 469 g/mol. The molecule has 1 amide bonds. The third-order valence-corrected chi connectivity index (χ3v) is 5.89. The Labute approximate surface area is 196 Å². The number of thioether (sulfide) groups is 1. The lowest BCUT2D eigenvalue weighted by Gasteiger charge is -2.32. The zero-order chi connectivity index (χ0) is 24.0. The number of amidine groups is 1. The van der Waals surface area contributed by atoms with Crippen molar-refractivity contribution >= 4 is 34.6 Å². The van der Waals surface area contributed by atoms with Crippen LogP contribution in [-0.2, 0) is 26.3 Å². The molecule has 1 heterocycles. The number of ether oxygens (including phenoxy) is 1. The highest BCUT2D eigenvalue weighted by Gasteiger charge is 2.36. The van der Waals surface area contributed by atoms with Crippen LogP contribution in [0.1, 0.15) is 48.7 Å². The second-order valence-corrected chi connectivity index (χ2v) is 8.96. The number of carbonyl (C=O) groups is 3. The van der Waals surface area contributed by atoms with E-state index in [-0.39, 0.29) is 41.9 Å². The molecule has 0 fully saturated rings. The van der Waals surface area contributed by atoms with Gasteiger partial charge in [0, 0.05) is 34.9 Å². The third kappa shape index (κ3) is 6.38. The second-order valence-electron chi connectivity index (χ2n) is 7.85. The Morgan fingerprint density at radius 1 is 1.21 bits per heavy atom. The number of carbonyl (C=O) groups excluding carboxylic acids is 3. The second kappa shape index (κ2) is 10.6. The molecular formula is C25H25FN2O4S. The van der Waals surface area contributed by atoms with Crippen LogP contribution in [-0.4, -0.2) is 29.4 Å². The van der Waals surface area contributed by atoms with Crippen LogP contribution in [0.25, 0.3) is 0 Å². The third-order valence-electron chi connectivity index (χ3n) is 4.98. The highest BCUT2D eigenvalue weighted by molar-refractivity contribution is 8.17. The molecule has 1 atom stereocenters. The largest absolute Gasteiger partial charge is 0.463 e. The number of amides is 1. The number of halogens is 1. The van der Waals surface area contributed by atoms with Gasteiger partial charge in [0.05, 0.1) is 12.1 Å². The predicted octanol–water partition coefficient (Wildman–Crippen LogP) is 4.54. The number of ketones is 1. The highest BCUT2D eigenvalue weighted by Crippen LogP contribution is 2.42. The van der Waals surface area contributed by atoms with Crippen molar-refractivity contribution in [1.29, 1.82) is 0 Å². The van der Waals surface area contributed by atoms with Crippen molar-refractivity contribution in [3.05, 3.63) is 82.0 Å². The summed E-state index contributed by atoms with van der Waals surface area (Å²) in [6.45, 7) is 5.13. The van der Waals surface area contributed by atoms with Gasteiger partial charge < -0.3 is 10.1 Å². The average Bonchev–Trinajstić information content (AvgIpc) is 2.75. The molecule has 33 heavy (non-hydrogen) atoms. The summed E-state index contributed by atoms with van der Waals surface area (Å²) in [6.07, 6.45) is 1.74. The van der Waals surface area contributed by atoms with Gasteiger partial charge in [-0.3, -0.25) is 14.6 Å². The standard InChI is InChI=1S/C25H25FN2O4S/c1-4-32-22(30)14-19-15-25(3,20-13-17(12-16(2)29)10-11-21(20)26)28-24(33-19)27-23(31)18-8-6-5-7-9-18/h5-11,13-14H,4,12,15H2,1-3H3,(H,27,28,31)/b19-14-/t25-/m0/s1. The normalized spacial score (nSPS) is 19.0. The quantitative estimate of drug-likeness (QED) is 0.497. The van der Waals surface area contributed by atoms with E-state index in [4.69, 9.17) is 4.74 Å². The van der Waals surface area contributed by atoms with E-state index in [0.717, 1.165) is 11.8 Å². The van der Waals surface area contributed by atoms with Crippen LogP contribution in [0.5, 0.6) is 0 Å². The Morgan fingerprint density at radius 2 is 1.94 bits per heavy atom. The van der Waals surface area contributed by atoms with Crippen LogP contribution in [0.15, 0.2) is 64.5 Å². The van der Waals surface area contributed by atoms with Gasteiger partial charge in [0.2, 0.25) is 0 Å². The minimum atomic E-state index is -1.11. The lowest BCUT2D eigenvalue weighted by atomic mass is 9.86. The number of esters is 1. The zero-order valence-corrected chi connectivity index (χ0v) is 19.5. The predicted molar refractivity (Wildman–Crippen MR) is 126 cm³/mol. The van der Waals surface area contributed by atoms with E-state index in [0.29, 0.717) is 16.0 Å². The van der Waals surface area contributed by atoms with Gasteiger partial charge in [-0.2, -0.15) is 0 Å². The van der Waals surface area contributed by atoms with E-state index in [1.807, 2.05) is 0 Å². The number of rotatable bonds is 6. The van der Waals surface area contributed by atoms with Crippen LogP contribution in [0.4, 0.5) is 4.39 Å². The molecule has 0 spiro atoms. The SMILES string of the molecule is CCOC(=O)/C=C1/C[C@@](C)(c2cc(CC(C)=O)ccc2F)N=C(NC(=O)c2ccccc2)S1. The van der Waals surface area contributed by atoms with Crippen molar-refractivity contribution in [2.24, 2.45) is 4.99 Å². The molecular weight excluding hydrogens is 443 g/mol. The van der Waals surface area contributed by atoms with E-state index in [9.17, 15) is 18.8 Å². The Hall–Kier alpha value is -3.26. The van der Waals surface area contributed by atoms with Gasteiger partial charge in [0.1, 0.15) is 11.6 Å². The molecule has 2 aromatic rings. The molecule has 0 unspecified atom stereocenters. The molecule has 0 aromatic heterocycles. The minimum absolute atomic E-state index is 0.0425. The van der Waals surface area contributed by atoms with E-state index in [1.165, 1.54) is 19.1 Å².